The fourth-order valence-corrected chi connectivity index (χ4v) is 3.85. The highest BCUT2D eigenvalue weighted by molar-refractivity contribution is 7.08. The minimum Gasteiger partial charge on any atom is -0.494 e. The Bertz CT molecular complexity index is 708. The fourth-order valence-electron chi connectivity index (χ4n) is 3.12. The van der Waals surface area contributed by atoms with Gasteiger partial charge >= 0.3 is 0 Å². The molecule has 0 aliphatic carbocycles. The molecule has 1 amide bonds. The van der Waals surface area contributed by atoms with Crippen LogP contribution in [-0.4, -0.2) is 32.0 Å². The van der Waals surface area contributed by atoms with E-state index in [4.69, 9.17) is 9.47 Å². The monoisotopic (exact) mass is 359 g/mol. The van der Waals surface area contributed by atoms with Crippen molar-refractivity contribution < 1.29 is 19.1 Å². The number of Topliss-reactive ketones (excluding diaryl/α,β-unsaturated/α-hetero) is 1. The number of carbonyl (C=O) groups excluding carboxylic acids is 2. The number of amides is 1. The third-order valence-corrected chi connectivity index (χ3v) is 4.98. The van der Waals surface area contributed by atoms with Gasteiger partial charge in [-0.3, -0.25) is 9.59 Å². The first-order valence-corrected chi connectivity index (χ1v) is 9.16. The van der Waals surface area contributed by atoms with Gasteiger partial charge in [-0.15, -0.1) is 0 Å². The molecule has 1 aliphatic rings. The van der Waals surface area contributed by atoms with Gasteiger partial charge < -0.3 is 14.8 Å². The number of ether oxygens (including phenoxy) is 2. The van der Waals surface area contributed by atoms with Crippen molar-refractivity contribution >= 4 is 23.0 Å². The Hall–Kier alpha value is -2.18. The average molecular weight is 359 g/mol. The van der Waals surface area contributed by atoms with Gasteiger partial charge in [-0.25, -0.2) is 0 Å². The first kappa shape index (κ1) is 17.6. The zero-order valence-electron chi connectivity index (χ0n) is 14.1. The van der Waals surface area contributed by atoms with Gasteiger partial charge in [0.25, 0.3) is 0 Å². The predicted molar refractivity (Wildman–Crippen MR) is 95.9 cm³/mol. The van der Waals surface area contributed by atoms with Crippen LogP contribution in [0.15, 0.2) is 41.1 Å². The molecule has 132 valence electrons. The SMILES string of the molecule is COCCCOc1ccc([C@]2(c3ccsc3)CC(=O)CC(=O)N2)cc1. The molecule has 2 aromatic rings. The summed E-state index contributed by atoms with van der Waals surface area (Å²) in [5.41, 5.74) is 1.03. The summed E-state index contributed by atoms with van der Waals surface area (Å²) in [7, 11) is 1.67. The van der Waals surface area contributed by atoms with Crippen molar-refractivity contribution in [3.05, 3.63) is 52.2 Å². The number of nitrogens with one attached hydrogen (secondary N) is 1. The van der Waals surface area contributed by atoms with Crippen molar-refractivity contribution in [2.75, 3.05) is 20.3 Å². The normalized spacial score (nSPS) is 20.4. The first-order chi connectivity index (χ1) is 12.1. The molecule has 1 atom stereocenters. The minimum atomic E-state index is -0.791. The number of hydrogen-bond donors (Lipinski definition) is 1. The second kappa shape index (κ2) is 7.80. The minimum absolute atomic E-state index is 0.0464. The highest BCUT2D eigenvalue weighted by Crippen LogP contribution is 2.37. The van der Waals surface area contributed by atoms with Crippen LogP contribution < -0.4 is 10.1 Å². The molecule has 1 saturated heterocycles. The third kappa shape index (κ3) is 3.91. The van der Waals surface area contributed by atoms with E-state index in [-0.39, 0.29) is 24.5 Å². The fraction of sp³-hybridized carbons (Fsp3) is 0.368. The van der Waals surface area contributed by atoms with Crippen molar-refractivity contribution in [2.24, 2.45) is 0 Å². The van der Waals surface area contributed by atoms with Crippen LogP contribution in [-0.2, 0) is 19.9 Å². The van der Waals surface area contributed by atoms with Crippen LogP contribution in [0.1, 0.15) is 30.4 Å². The Kier molecular flexibility index (Phi) is 5.50. The molecule has 0 saturated carbocycles. The average Bonchev–Trinajstić information content (AvgIpc) is 3.13. The molecule has 2 heterocycles. The Morgan fingerprint density at radius 2 is 1.92 bits per heavy atom. The van der Waals surface area contributed by atoms with E-state index in [0.29, 0.717) is 13.2 Å². The van der Waals surface area contributed by atoms with Crippen LogP contribution in [0.25, 0.3) is 0 Å². The second-order valence-corrected chi connectivity index (χ2v) is 6.86. The molecule has 1 aliphatic heterocycles. The van der Waals surface area contributed by atoms with E-state index in [1.807, 2.05) is 41.1 Å². The molecule has 0 spiro atoms. The van der Waals surface area contributed by atoms with Gasteiger partial charge in [-0.2, -0.15) is 11.3 Å². The number of hydrogen-bond acceptors (Lipinski definition) is 5. The standard InChI is InChI=1S/C19H21NO4S/c1-23-8-2-9-24-17-5-3-14(4-6-17)19(15-7-10-25-13-15)12-16(21)11-18(22)20-19/h3-7,10,13H,2,8-9,11-12H2,1H3,(H,20,22)/t19-/m0/s1. The lowest BCUT2D eigenvalue weighted by atomic mass is 9.77. The maximum absolute atomic E-state index is 12.1. The summed E-state index contributed by atoms with van der Waals surface area (Å²) in [6, 6.07) is 9.55. The van der Waals surface area contributed by atoms with Gasteiger partial charge in [0.1, 0.15) is 11.5 Å². The van der Waals surface area contributed by atoms with Gasteiger partial charge in [-0.05, 0) is 40.1 Å². The predicted octanol–water partition coefficient (Wildman–Crippen LogP) is 2.89. The van der Waals surface area contributed by atoms with Crippen LogP contribution in [0.2, 0.25) is 0 Å². The van der Waals surface area contributed by atoms with E-state index < -0.39 is 5.54 Å². The van der Waals surface area contributed by atoms with E-state index in [2.05, 4.69) is 5.32 Å². The van der Waals surface area contributed by atoms with Crippen LogP contribution >= 0.6 is 11.3 Å². The number of thiophene rings is 1. The van der Waals surface area contributed by atoms with E-state index >= 15 is 0 Å². The van der Waals surface area contributed by atoms with Crippen molar-refractivity contribution in [3.8, 4) is 5.75 Å². The Labute approximate surface area is 151 Å². The molecule has 3 rings (SSSR count). The summed E-state index contributed by atoms with van der Waals surface area (Å²) in [5, 5.41) is 6.98. The number of ketones is 1. The van der Waals surface area contributed by atoms with Crippen molar-refractivity contribution in [3.63, 3.8) is 0 Å². The van der Waals surface area contributed by atoms with Gasteiger partial charge in [-0.1, -0.05) is 12.1 Å². The molecule has 1 fully saturated rings. The Balaban J connectivity index is 1.85. The van der Waals surface area contributed by atoms with Crippen molar-refractivity contribution in [1.82, 2.24) is 5.32 Å². The summed E-state index contributed by atoms with van der Waals surface area (Å²) in [6.07, 6.45) is 1.04. The van der Waals surface area contributed by atoms with Crippen LogP contribution in [0.3, 0.4) is 0 Å². The lowest BCUT2D eigenvalue weighted by Gasteiger charge is -2.37. The largest absolute Gasteiger partial charge is 0.494 e. The van der Waals surface area contributed by atoms with Crippen molar-refractivity contribution in [2.45, 2.75) is 24.8 Å². The van der Waals surface area contributed by atoms with Gasteiger partial charge in [0.2, 0.25) is 5.91 Å². The van der Waals surface area contributed by atoms with E-state index in [1.165, 1.54) is 0 Å². The zero-order chi connectivity index (χ0) is 17.7. The third-order valence-electron chi connectivity index (χ3n) is 4.30. The number of rotatable bonds is 7. The van der Waals surface area contributed by atoms with Gasteiger partial charge in [0.15, 0.2) is 0 Å². The molecule has 5 nitrogen and oxygen atoms in total. The van der Waals surface area contributed by atoms with Crippen LogP contribution in [0.5, 0.6) is 5.75 Å². The molecule has 0 radical (unpaired) electrons. The van der Waals surface area contributed by atoms with Crippen LogP contribution in [0.4, 0.5) is 0 Å². The summed E-state index contributed by atoms with van der Waals surface area (Å²) in [4.78, 5) is 24.2. The quantitative estimate of drug-likeness (QED) is 0.610. The van der Waals surface area contributed by atoms with E-state index in [1.54, 1.807) is 18.4 Å². The number of piperidine rings is 1. The number of carbonyl (C=O) groups is 2. The smallest absolute Gasteiger partial charge is 0.228 e. The molecule has 0 unspecified atom stereocenters. The number of methoxy groups -OCH3 is 1. The summed E-state index contributed by atoms with van der Waals surface area (Å²) < 4.78 is 10.7. The van der Waals surface area contributed by atoms with E-state index in [9.17, 15) is 9.59 Å². The first-order valence-electron chi connectivity index (χ1n) is 8.22. The summed E-state index contributed by atoms with van der Waals surface area (Å²) >= 11 is 1.55. The van der Waals surface area contributed by atoms with Gasteiger partial charge in [0.05, 0.1) is 18.6 Å². The highest BCUT2D eigenvalue weighted by atomic mass is 32.1. The molecule has 1 aromatic heterocycles. The molecule has 6 heteroatoms. The lowest BCUT2D eigenvalue weighted by molar-refractivity contribution is -0.133. The highest BCUT2D eigenvalue weighted by Gasteiger charge is 2.42. The number of benzene rings is 1. The summed E-state index contributed by atoms with van der Waals surface area (Å²) in [5.74, 6) is 0.478. The topological polar surface area (TPSA) is 64.6 Å². The molecule has 25 heavy (non-hydrogen) atoms. The maximum atomic E-state index is 12.1. The van der Waals surface area contributed by atoms with E-state index in [0.717, 1.165) is 23.3 Å². The Morgan fingerprint density at radius 3 is 2.56 bits per heavy atom. The molecular formula is C19H21NO4S. The second-order valence-electron chi connectivity index (χ2n) is 6.08. The Morgan fingerprint density at radius 1 is 1.12 bits per heavy atom. The molecule has 1 aromatic carbocycles. The maximum Gasteiger partial charge on any atom is 0.228 e. The summed E-state index contributed by atoms with van der Waals surface area (Å²) in [6.45, 7) is 1.24. The molecular weight excluding hydrogens is 338 g/mol. The van der Waals surface area contributed by atoms with Gasteiger partial charge in [0, 0.05) is 26.6 Å². The lowest BCUT2D eigenvalue weighted by Crippen LogP contribution is -2.52. The molecule has 1 N–H and O–H groups in total. The zero-order valence-corrected chi connectivity index (χ0v) is 14.9. The van der Waals surface area contributed by atoms with Crippen molar-refractivity contribution in [1.29, 1.82) is 0 Å². The van der Waals surface area contributed by atoms with Crippen LogP contribution in [0, 0.1) is 0 Å². The molecule has 0 bridgehead atoms.